The summed E-state index contributed by atoms with van der Waals surface area (Å²) < 4.78 is 1.71. The van der Waals surface area contributed by atoms with E-state index in [1.54, 1.807) is 23.1 Å². The molecule has 0 radical (unpaired) electrons. The van der Waals surface area contributed by atoms with Crippen LogP contribution in [0, 0.1) is 0 Å². The fraction of sp³-hybridized carbons (Fsp3) is 0.429. The van der Waals surface area contributed by atoms with Crippen LogP contribution in [0.4, 0.5) is 5.69 Å². The number of rotatable bonds is 2. The van der Waals surface area contributed by atoms with Gasteiger partial charge in [0.05, 0.1) is 5.69 Å². The van der Waals surface area contributed by atoms with E-state index in [1.807, 2.05) is 13.2 Å². The highest BCUT2D eigenvalue weighted by atomic mass is 16.3. The normalized spacial score (nSPS) is 13.5. The standard InChI is InChI=1S/C14H20N4O/c1-14(2,3)13-10(8-18(4)17-13)12(19)9-7-16-6-5-11(9)15/h5-8,12,19H,1-4H3,(H2,15,16). The lowest BCUT2D eigenvalue weighted by atomic mass is 9.87. The van der Waals surface area contributed by atoms with Crippen molar-refractivity contribution < 1.29 is 5.11 Å². The van der Waals surface area contributed by atoms with Gasteiger partial charge in [0.25, 0.3) is 0 Å². The number of nitrogen functional groups attached to an aromatic ring is 1. The van der Waals surface area contributed by atoms with Crippen molar-refractivity contribution >= 4 is 5.69 Å². The van der Waals surface area contributed by atoms with E-state index in [9.17, 15) is 5.11 Å². The molecule has 0 bridgehead atoms. The van der Waals surface area contributed by atoms with Crippen LogP contribution in [0.15, 0.2) is 24.7 Å². The minimum absolute atomic E-state index is 0.144. The number of aromatic nitrogens is 3. The topological polar surface area (TPSA) is 77.0 Å². The Balaban J connectivity index is 2.51. The number of hydrogen-bond donors (Lipinski definition) is 2. The molecule has 5 nitrogen and oxygen atoms in total. The number of pyridine rings is 1. The molecule has 2 heterocycles. The van der Waals surface area contributed by atoms with Crippen LogP contribution in [-0.2, 0) is 12.5 Å². The van der Waals surface area contributed by atoms with E-state index in [1.165, 1.54) is 0 Å². The van der Waals surface area contributed by atoms with Gasteiger partial charge in [-0.15, -0.1) is 0 Å². The van der Waals surface area contributed by atoms with Gasteiger partial charge in [-0.2, -0.15) is 5.10 Å². The van der Waals surface area contributed by atoms with Gasteiger partial charge in [-0.25, -0.2) is 0 Å². The van der Waals surface area contributed by atoms with E-state index in [-0.39, 0.29) is 5.41 Å². The lowest BCUT2D eigenvalue weighted by molar-refractivity contribution is 0.218. The fourth-order valence-corrected chi connectivity index (χ4v) is 2.10. The Labute approximate surface area is 113 Å². The lowest BCUT2D eigenvalue weighted by Gasteiger charge is -2.20. The summed E-state index contributed by atoms with van der Waals surface area (Å²) in [5.74, 6) is 0. The van der Waals surface area contributed by atoms with Crippen LogP contribution in [0.2, 0.25) is 0 Å². The van der Waals surface area contributed by atoms with Crippen LogP contribution >= 0.6 is 0 Å². The summed E-state index contributed by atoms with van der Waals surface area (Å²) in [7, 11) is 1.85. The molecule has 0 saturated carbocycles. The Morgan fingerprint density at radius 2 is 2.00 bits per heavy atom. The summed E-state index contributed by atoms with van der Waals surface area (Å²) in [6.07, 6.45) is 4.23. The van der Waals surface area contributed by atoms with Crippen molar-refractivity contribution in [2.24, 2.45) is 7.05 Å². The van der Waals surface area contributed by atoms with Crippen LogP contribution in [0.5, 0.6) is 0 Å². The first-order valence-electron chi connectivity index (χ1n) is 6.22. The minimum Gasteiger partial charge on any atom is -0.398 e. The second kappa shape index (κ2) is 4.66. The highest BCUT2D eigenvalue weighted by Crippen LogP contribution is 2.33. The SMILES string of the molecule is Cn1cc(C(O)c2cnccc2N)c(C(C)(C)C)n1. The summed E-state index contributed by atoms with van der Waals surface area (Å²) in [4.78, 5) is 4.02. The molecule has 2 rings (SSSR count). The number of aliphatic hydroxyl groups excluding tert-OH is 1. The molecule has 3 N–H and O–H groups in total. The molecular formula is C14H20N4O. The Hall–Kier alpha value is -1.88. The van der Waals surface area contributed by atoms with Gasteiger partial charge in [0, 0.05) is 47.9 Å². The van der Waals surface area contributed by atoms with Crippen molar-refractivity contribution in [1.29, 1.82) is 0 Å². The van der Waals surface area contributed by atoms with Gasteiger partial charge in [-0.3, -0.25) is 9.67 Å². The third kappa shape index (κ3) is 2.61. The first kappa shape index (κ1) is 13.5. The van der Waals surface area contributed by atoms with E-state index in [0.29, 0.717) is 11.3 Å². The van der Waals surface area contributed by atoms with Gasteiger partial charge < -0.3 is 10.8 Å². The molecule has 5 heteroatoms. The Kier molecular flexibility index (Phi) is 3.32. The molecule has 1 atom stereocenters. The number of aryl methyl sites for hydroxylation is 1. The van der Waals surface area contributed by atoms with Gasteiger partial charge in [-0.05, 0) is 6.07 Å². The van der Waals surface area contributed by atoms with Crippen molar-refractivity contribution in [2.45, 2.75) is 32.3 Å². The molecule has 2 aromatic rings. The summed E-state index contributed by atoms with van der Waals surface area (Å²) >= 11 is 0. The van der Waals surface area contributed by atoms with Crippen LogP contribution in [0.3, 0.4) is 0 Å². The van der Waals surface area contributed by atoms with Crippen molar-refractivity contribution in [3.8, 4) is 0 Å². The predicted octanol–water partition coefficient (Wildman–Crippen LogP) is 1.78. The van der Waals surface area contributed by atoms with E-state index in [4.69, 9.17) is 5.73 Å². The van der Waals surface area contributed by atoms with Crippen LogP contribution < -0.4 is 5.73 Å². The molecular weight excluding hydrogens is 240 g/mol. The van der Waals surface area contributed by atoms with Crippen molar-refractivity contribution in [1.82, 2.24) is 14.8 Å². The monoisotopic (exact) mass is 260 g/mol. The number of hydrogen-bond acceptors (Lipinski definition) is 4. The van der Waals surface area contributed by atoms with E-state index in [2.05, 4.69) is 30.9 Å². The summed E-state index contributed by atoms with van der Waals surface area (Å²) in [5.41, 5.74) is 8.54. The summed E-state index contributed by atoms with van der Waals surface area (Å²) in [5, 5.41) is 15.0. The highest BCUT2D eigenvalue weighted by Gasteiger charge is 2.27. The number of anilines is 1. The molecule has 1 unspecified atom stereocenters. The molecule has 0 aliphatic heterocycles. The summed E-state index contributed by atoms with van der Waals surface area (Å²) in [6.45, 7) is 6.20. The van der Waals surface area contributed by atoms with Crippen LogP contribution in [0.25, 0.3) is 0 Å². The van der Waals surface area contributed by atoms with Crippen LogP contribution in [-0.4, -0.2) is 19.9 Å². The molecule has 0 aromatic carbocycles. The second-order valence-corrected chi connectivity index (χ2v) is 5.76. The smallest absolute Gasteiger partial charge is 0.111 e. The van der Waals surface area contributed by atoms with E-state index in [0.717, 1.165) is 11.3 Å². The minimum atomic E-state index is -0.809. The average molecular weight is 260 g/mol. The Morgan fingerprint density at radius 1 is 1.32 bits per heavy atom. The first-order chi connectivity index (χ1) is 8.80. The molecule has 0 aliphatic carbocycles. The average Bonchev–Trinajstić information content (AvgIpc) is 2.71. The summed E-state index contributed by atoms with van der Waals surface area (Å²) in [6, 6.07) is 1.69. The zero-order chi connectivity index (χ0) is 14.2. The molecule has 0 fully saturated rings. The maximum Gasteiger partial charge on any atom is 0.111 e. The lowest BCUT2D eigenvalue weighted by Crippen LogP contribution is -2.17. The zero-order valence-corrected chi connectivity index (χ0v) is 11.8. The number of nitrogens with zero attached hydrogens (tertiary/aromatic N) is 3. The third-order valence-corrected chi connectivity index (χ3v) is 3.04. The van der Waals surface area contributed by atoms with Crippen molar-refractivity contribution in [2.75, 3.05) is 5.73 Å². The Bertz CT molecular complexity index is 583. The van der Waals surface area contributed by atoms with Gasteiger partial charge in [0.2, 0.25) is 0 Å². The fourth-order valence-electron chi connectivity index (χ4n) is 2.10. The van der Waals surface area contributed by atoms with E-state index < -0.39 is 6.10 Å². The molecule has 2 aromatic heterocycles. The first-order valence-corrected chi connectivity index (χ1v) is 6.22. The van der Waals surface area contributed by atoms with E-state index >= 15 is 0 Å². The predicted molar refractivity (Wildman–Crippen MR) is 74.6 cm³/mol. The molecule has 19 heavy (non-hydrogen) atoms. The zero-order valence-electron chi connectivity index (χ0n) is 11.8. The quantitative estimate of drug-likeness (QED) is 0.862. The molecule has 0 spiro atoms. The number of nitrogens with two attached hydrogens (primary N) is 1. The Morgan fingerprint density at radius 3 is 2.58 bits per heavy atom. The van der Waals surface area contributed by atoms with Gasteiger partial charge >= 0.3 is 0 Å². The molecule has 0 aliphatic rings. The van der Waals surface area contributed by atoms with Crippen molar-refractivity contribution in [3.05, 3.63) is 41.5 Å². The van der Waals surface area contributed by atoms with Gasteiger partial charge in [0.1, 0.15) is 6.10 Å². The van der Waals surface area contributed by atoms with Gasteiger partial charge in [-0.1, -0.05) is 20.8 Å². The maximum absolute atomic E-state index is 10.6. The second-order valence-electron chi connectivity index (χ2n) is 5.76. The largest absolute Gasteiger partial charge is 0.398 e. The van der Waals surface area contributed by atoms with Crippen LogP contribution in [0.1, 0.15) is 43.7 Å². The maximum atomic E-state index is 10.6. The third-order valence-electron chi connectivity index (χ3n) is 3.04. The molecule has 0 saturated heterocycles. The highest BCUT2D eigenvalue weighted by molar-refractivity contribution is 5.49. The molecule has 0 amide bonds. The van der Waals surface area contributed by atoms with Gasteiger partial charge in [0.15, 0.2) is 0 Å². The molecule has 102 valence electrons. The number of aliphatic hydroxyl groups is 1. The van der Waals surface area contributed by atoms with Crippen molar-refractivity contribution in [3.63, 3.8) is 0 Å².